The van der Waals surface area contributed by atoms with Gasteiger partial charge in [0.25, 0.3) is 0 Å². The number of fused-ring (bicyclic) bond motifs is 3. The number of rotatable bonds is 9. The lowest BCUT2D eigenvalue weighted by atomic mass is 10.1. The van der Waals surface area contributed by atoms with Gasteiger partial charge in [-0.3, -0.25) is 4.72 Å². The predicted octanol–water partition coefficient (Wildman–Crippen LogP) is 4.12. The van der Waals surface area contributed by atoms with Gasteiger partial charge < -0.3 is 20.1 Å². The van der Waals surface area contributed by atoms with E-state index in [1.54, 1.807) is 24.3 Å². The van der Waals surface area contributed by atoms with E-state index in [4.69, 9.17) is 4.74 Å². The number of sulfonamides is 1. The van der Waals surface area contributed by atoms with Crippen LogP contribution in [0.3, 0.4) is 0 Å². The Labute approximate surface area is 199 Å². The normalized spacial score (nSPS) is 12.5. The quantitative estimate of drug-likeness (QED) is 0.265. The van der Waals surface area contributed by atoms with Crippen LogP contribution in [0.2, 0.25) is 0 Å². The molecule has 0 fully saturated rings. The van der Waals surface area contributed by atoms with E-state index in [2.05, 4.69) is 46.2 Å². The highest BCUT2D eigenvalue weighted by molar-refractivity contribution is 7.92. The molecule has 0 aliphatic carbocycles. The highest BCUT2D eigenvalue weighted by atomic mass is 35.5. The fourth-order valence-electron chi connectivity index (χ4n) is 3.71. The molecule has 0 saturated carbocycles. The van der Waals surface area contributed by atoms with Crippen LogP contribution in [0.1, 0.15) is 17.2 Å². The number of aryl methyl sites for hydroxylation is 1. The zero-order valence-corrected chi connectivity index (χ0v) is 20.1. The van der Waals surface area contributed by atoms with Crippen molar-refractivity contribution in [1.82, 2.24) is 10.3 Å². The van der Waals surface area contributed by atoms with Gasteiger partial charge in [0.2, 0.25) is 10.0 Å². The van der Waals surface area contributed by atoms with Gasteiger partial charge in [-0.2, -0.15) is 0 Å². The lowest BCUT2D eigenvalue weighted by Crippen LogP contribution is -2.26. The Balaban J connectivity index is 0.00000306. The molecule has 1 atom stereocenters. The van der Waals surface area contributed by atoms with E-state index >= 15 is 0 Å². The third-order valence-electron chi connectivity index (χ3n) is 5.19. The Morgan fingerprint density at radius 1 is 1.03 bits per heavy atom. The molecular formula is C24H28ClN3O4S. The first-order chi connectivity index (χ1) is 15.3. The number of aliphatic hydroxyl groups excluding tert-OH is 1. The van der Waals surface area contributed by atoms with E-state index in [1.807, 2.05) is 12.1 Å². The fraction of sp³-hybridized carbons (Fsp3) is 0.250. The maximum atomic E-state index is 11.4. The molecule has 176 valence electrons. The first kappa shape index (κ1) is 24.9. The molecule has 1 unspecified atom stereocenters. The van der Waals surface area contributed by atoms with Crippen molar-refractivity contribution in [2.24, 2.45) is 0 Å². The van der Waals surface area contributed by atoms with Crippen LogP contribution < -0.4 is 14.8 Å². The number of anilines is 1. The molecule has 0 spiro atoms. The summed E-state index contributed by atoms with van der Waals surface area (Å²) in [6.07, 6.45) is 0.330. The molecule has 9 heteroatoms. The van der Waals surface area contributed by atoms with Gasteiger partial charge in [0.05, 0.1) is 17.9 Å². The Kier molecular flexibility index (Phi) is 7.86. The van der Waals surface area contributed by atoms with Crippen LogP contribution in [0, 0.1) is 6.92 Å². The van der Waals surface area contributed by atoms with Crippen molar-refractivity contribution >= 4 is 49.9 Å². The number of H-pyrrole nitrogens is 1. The van der Waals surface area contributed by atoms with Crippen molar-refractivity contribution in [3.63, 3.8) is 0 Å². The summed E-state index contributed by atoms with van der Waals surface area (Å²) in [7, 11) is -3.36. The molecule has 33 heavy (non-hydrogen) atoms. The molecule has 0 aliphatic rings. The summed E-state index contributed by atoms with van der Waals surface area (Å²) >= 11 is 0. The van der Waals surface area contributed by atoms with Gasteiger partial charge >= 0.3 is 0 Å². The Hall–Kier alpha value is -2.78. The lowest BCUT2D eigenvalue weighted by Gasteiger charge is -2.14. The van der Waals surface area contributed by atoms with Crippen molar-refractivity contribution in [2.75, 3.05) is 30.7 Å². The Morgan fingerprint density at radius 2 is 1.76 bits per heavy atom. The predicted molar refractivity (Wildman–Crippen MR) is 136 cm³/mol. The van der Waals surface area contributed by atoms with Gasteiger partial charge in [-0.05, 0) is 48.4 Å². The molecule has 0 amide bonds. The van der Waals surface area contributed by atoms with Crippen LogP contribution in [0.4, 0.5) is 5.69 Å². The number of nitrogens with one attached hydrogen (secondary N) is 3. The summed E-state index contributed by atoms with van der Waals surface area (Å²) in [6, 6.07) is 19.1. The second-order valence-electron chi connectivity index (χ2n) is 7.95. The number of halogens is 1. The topological polar surface area (TPSA) is 103 Å². The van der Waals surface area contributed by atoms with E-state index in [9.17, 15) is 13.5 Å². The van der Waals surface area contributed by atoms with E-state index in [-0.39, 0.29) is 12.4 Å². The average molecular weight is 490 g/mol. The van der Waals surface area contributed by atoms with Crippen molar-refractivity contribution in [3.8, 4) is 5.75 Å². The number of ether oxygens (including phenoxy) is 1. The van der Waals surface area contributed by atoms with E-state index in [1.165, 1.54) is 16.3 Å². The van der Waals surface area contributed by atoms with Gasteiger partial charge in [0.15, 0.2) is 0 Å². The summed E-state index contributed by atoms with van der Waals surface area (Å²) in [5.41, 5.74) is 4.42. The van der Waals surface area contributed by atoms with E-state index in [0.717, 1.165) is 23.0 Å². The summed E-state index contributed by atoms with van der Waals surface area (Å²) < 4.78 is 31.0. The molecular weight excluding hydrogens is 462 g/mol. The van der Waals surface area contributed by atoms with Gasteiger partial charge in [-0.1, -0.05) is 24.3 Å². The zero-order chi connectivity index (χ0) is 22.7. The minimum absolute atomic E-state index is 0. The van der Waals surface area contributed by atoms with E-state index in [0.29, 0.717) is 30.9 Å². The molecule has 0 saturated heterocycles. The first-order valence-electron chi connectivity index (χ1n) is 10.4. The van der Waals surface area contributed by atoms with Crippen molar-refractivity contribution in [2.45, 2.75) is 13.0 Å². The van der Waals surface area contributed by atoms with Crippen molar-refractivity contribution in [3.05, 3.63) is 71.8 Å². The number of aliphatic hydroxyl groups is 1. The molecule has 4 rings (SSSR count). The van der Waals surface area contributed by atoms with Crippen LogP contribution in [-0.4, -0.2) is 44.5 Å². The molecule has 3 aromatic carbocycles. The zero-order valence-electron chi connectivity index (χ0n) is 18.5. The monoisotopic (exact) mass is 489 g/mol. The highest BCUT2D eigenvalue weighted by Crippen LogP contribution is 2.28. The molecule has 1 aromatic heterocycles. The summed E-state index contributed by atoms with van der Waals surface area (Å²) in [6.45, 7) is 3.41. The number of aromatic amines is 1. The van der Waals surface area contributed by atoms with Crippen LogP contribution in [0.15, 0.2) is 60.7 Å². The third-order valence-corrected chi connectivity index (χ3v) is 5.79. The standard InChI is InChI=1S/C24H27N3O4S.ClH/c1-16-6-8-20-21-9-7-19(14-23(21)26-22(20)12-16)31-11-10-25-15-24(28)17-4-3-5-18(13-17)27-32(2,29)30;/h3-9,12-14,24-28H,10-11,15H2,1-2H3;1H. The Morgan fingerprint density at radius 3 is 2.52 bits per heavy atom. The summed E-state index contributed by atoms with van der Waals surface area (Å²) in [4.78, 5) is 3.44. The minimum Gasteiger partial charge on any atom is -0.492 e. The average Bonchev–Trinajstić information content (AvgIpc) is 3.08. The van der Waals surface area contributed by atoms with Crippen LogP contribution in [0.25, 0.3) is 21.8 Å². The maximum Gasteiger partial charge on any atom is 0.229 e. The van der Waals surface area contributed by atoms with Gasteiger partial charge in [0, 0.05) is 41.1 Å². The second-order valence-corrected chi connectivity index (χ2v) is 9.70. The minimum atomic E-state index is -3.36. The molecule has 4 N–H and O–H groups in total. The third kappa shape index (κ3) is 6.39. The number of benzene rings is 3. The van der Waals surface area contributed by atoms with Gasteiger partial charge in [-0.15, -0.1) is 12.4 Å². The number of hydrogen-bond donors (Lipinski definition) is 4. The fourth-order valence-corrected chi connectivity index (χ4v) is 4.27. The summed E-state index contributed by atoms with van der Waals surface area (Å²) in [5, 5.41) is 15.9. The van der Waals surface area contributed by atoms with Crippen LogP contribution in [-0.2, 0) is 10.0 Å². The van der Waals surface area contributed by atoms with Crippen molar-refractivity contribution in [1.29, 1.82) is 0 Å². The van der Waals surface area contributed by atoms with Crippen molar-refractivity contribution < 1.29 is 18.3 Å². The highest BCUT2D eigenvalue weighted by Gasteiger charge is 2.10. The van der Waals surface area contributed by atoms with Crippen LogP contribution in [0.5, 0.6) is 5.75 Å². The molecule has 4 aromatic rings. The van der Waals surface area contributed by atoms with Gasteiger partial charge in [-0.25, -0.2) is 8.42 Å². The van der Waals surface area contributed by atoms with Gasteiger partial charge in [0.1, 0.15) is 12.4 Å². The number of aromatic nitrogens is 1. The lowest BCUT2D eigenvalue weighted by molar-refractivity contribution is 0.172. The molecule has 0 aliphatic heterocycles. The SMILES string of the molecule is Cc1ccc2c(c1)[nH]c1cc(OCCNCC(O)c3cccc(NS(C)(=O)=O)c3)ccc12.Cl. The van der Waals surface area contributed by atoms with Crippen LogP contribution >= 0.6 is 12.4 Å². The number of hydrogen-bond acceptors (Lipinski definition) is 5. The largest absolute Gasteiger partial charge is 0.492 e. The Bertz CT molecular complexity index is 1350. The first-order valence-corrected chi connectivity index (χ1v) is 12.3. The summed E-state index contributed by atoms with van der Waals surface area (Å²) in [5.74, 6) is 0.780. The molecule has 1 heterocycles. The maximum absolute atomic E-state index is 11.4. The molecule has 0 radical (unpaired) electrons. The van der Waals surface area contributed by atoms with E-state index < -0.39 is 16.1 Å². The molecule has 7 nitrogen and oxygen atoms in total. The second kappa shape index (κ2) is 10.4. The molecule has 0 bridgehead atoms. The smallest absolute Gasteiger partial charge is 0.229 e.